The van der Waals surface area contributed by atoms with Crippen LogP contribution in [0, 0.1) is 11.6 Å². The quantitative estimate of drug-likeness (QED) is 0.167. The molecule has 42 heavy (non-hydrogen) atoms. The third-order valence-electron chi connectivity index (χ3n) is 5.95. The van der Waals surface area contributed by atoms with Crippen LogP contribution in [0.5, 0.6) is 11.5 Å². The molecule has 1 aromatic carbocycles. The number of hydrogen-bond donors (Lipinski definition) is 3. The van der Waals surface area contributed by atoms with Gasteiger partial charge in [0, 0.05) is 37.8 Å². The van der Waals surface area contributed by atoms with Crippen molar-refractivity contribution in [2.45, 2.75) is 0 Å². The average Bonchev–Trinajstić information content (AvgIpc) is 3.30. The lowest BCUT2D eigenvalue weighted by molar-refractivity contribution is -0.111. The van der Waals surface area contributed by atoms with Crippen molar-refractivity contribution in [2.75, 3.05) is 57.4 Å². The van der Waals surface area contributed by atoms with Crippen LogP contribution in [0.4, 0.5) is 32.1 Å². The molecule has 3 heterocycles. The molecule has 0 aliphatic carbocycles. The number of amides is 1. The van der Waals surface area contributed by atoms with E-state index in [9.17, 15) is 9.59 Å². The molecule has 0 aliphatic heterocycles. The summed E-state index contributed by atoms with van der Waals surface area (Å²) in [7, 11) is 7.82. The van der Waals surface area contributed by atoms with Gasteiger partial charge in [-0.2, -0.15) is 5.10 Å². The predicted octanol–water partition coefficient (Wildman–Crippen LogP) is 3.13. The molecule has 4 aromatic rings. The first-order valence-corrected chi connectivity index (χ1v) is 12.5. The van der Waals surface area contributed by atoms with E-state index in [2.05, 4.69) is 42.6 Å². The van der Waals surface area contributed by atoms with Crippen molar-refractivity contribution >= 4 is 45.9 Å². The lowest BCUT2D eigenvalue weighted by atomic mass is 10.0. The lowest BCUT2D eigenvalue weighted by Gasteiger charge is -2.15. The molecular weight excluding hydrogens is 552 g/mol. The molecular formula is C27H29F2N9O4. The van der Waals surface area contributed by atoms with E-state index in [1.54, 1.807) is 13.2 Å². The zero-order chi connectivity index (χ0) is 30.6. The molecule has 220 valence electrons. The third kappa shape index (κ3) is 6.25. The van der Waals surface area contributed by atoms with Gasteiger partial charge in [-0.25, -0.2) is 23.7 Å². The summed E-state index contributed by atoms with van der Waals surface area (Å²) in [5.41, 5.74) is -0.445. The van der Waals surface area contributed by atoms with Crippen molar-refractivity contribution in [3.63, 3.8) is 0 Å². The number of ether oxygens (including phenoxy) is 2. The Labute approximate surface area is 239 Å². The maximum absolute atomic E-state index is 15.1. The number of nitrogens with one attached hydrogen (secondary N) is 3. The number of methoxy groups -OCH3 is 2. The average molecular weight is 582 g/mol. The minimum Gasteiger partial charge on any atom is -0.494 e. The van der Waals surface area contributed by atoms with Gasteiger partial charge in [-0.15, -0.1) is 0 Å². The number of aromatic nitrogens is 5. The van der Waals surface area contributed by atoms with Gasteiger partial charge in [0.1, 0.15) is 22.5 Å². The van der Waals surface area contributed by atoms with E-state index in [1.165, 1.54) is 31.2 Å². The Kier molecular flexibility index (Phi) is 8.90. The topological polar surface area (TPSA) is 148 Å². The molecule has 0 aliphatic rings. The van der Waals surface area contributed by atoms with Gasteiger partial charge < -0.3 is 30.3 Å². The Balaban J connectivity index is 1.79. The fourth-order valence-electron chi connectivity index (χ4n) is 3.91. The number of nitrogens with zero attached hydrogens (tertiary/aromatic N) is 6. The van der Waals surface area contributed by atoms with E-state index < -0.39 is 28.9 Å². The van der Waals surface area contributed by atoms with Crippen LogP contribution < -0.4 is 25.4 Å². The monoisotopic (exact) mass is 581 g/mol. The summed E-state index contributed by atoms with van der Waals surface area (Å²) in [6.45, 7) is 4.46. The first-order chi connectivity index (χ1) is 20.1. The van der Waals surface area contributed by atoms with E-state index >= 15 is 8.78 Å². The van der Waals surface area contributed by atoms with Crippen LogP contribution in [0.15, 0.2) is 37.2 Å². The highest BCUT2D eigenvalue weighted by molar-refractivity contribution is 6.11. The van der Waals surface area contributed by atoms with Crippen molar-refractivity contribution in [3.8, 4) is 11.5 Å². The summed E-state index contributed by atoms with van der Waals surface area (Å²) in [5, 5.41) is 13.4. The Hall–Kier alpha value is -5.18. The first-order valence-electron chi connectivity index (χ1n) is 12.5. The zero-order valence-electron chi connectivity index (χ0n) is 23.6. The van der Waals surface area contributed by atoms with Gasteiger partial charge >= 0.3 is 0 Å². The molecule has 3 aromatic heterocycles. The van der Waals surface area contributed by atoms with E-state index in [1.807, 2.05) is 19.0 Å². The highest BCUT2D eigenvalue weighted by Crippen LogP contribution is 2.33. The lowest BCUT2D eigenvalue weighted by Crippen LogP contribution is -2.22. The molecule has 15 heteroatoms. The van der Waals surface area contributed by atoms with Crippen molar-refractivity contribution in [1.29, 1.82) is 0 Å². The molecule has 0 bridgehead atoms. The fourth-order valence-corrected chi connectivity index (χ4v) is 3.91. The van der Waals surface area contributed by atoms with Gasteiger partial charge in [-0.1, -0.05) is 6.58 Å². The fraction of sp³-hybridized carbons (Fsp3) is 0.259. The maximum atomic E-state index is 15.1. The molecule has 0 fully saturated rings. The molecule has 0 saturated carbocycles. The first kappa shape index (κ1) is 29.8. The number of pyridine rings is 1. The van der Waals surface area contributed by atoms with Crippen LogP contribution in [-0.4, -0.2) is 82.7 Å². The second-order valence-corrected chi connectivity index (χ2v) is 9.21. The molecule has 4 rings (SSSR count). The van der Waals surface area contributed by atoms with Crippen molar-refractivity contribution in [2.24, 2.45) is 7.05 Å². The predicted molar refractivity (Wildman–Crippen MR) is 153 cm³/mol. The smallest absolute Gasteiger partial charge is 0.247 e. The minimum absolute atomic E-state index is 0.112. The Bertz CT molecular complexity index is 1650. The van der Waals surface area contributed by atoms with Crippen LogP contribution >= 0.6 is 0 Å². The molecule has 3 N–H and O–H groups in total. The molecule has 0 spiro atoms. The number of aryl methyl sites for hydroxylation is 1. The number of hydrogen-bond acceptors (Lipinski definition) is 11. The van der Waals surface area contributed by atoms with E-state index in [4.69, 9.17) is 9.47 Å². The van der Waals surface area contributed by atoms with Gasteiger partial charge in [-0.05, 0) is 26.2 Å². The molecule has 1 amide bonds. The minimum atomic E-state index is -1.18. The zero-order valence-corrected chi connectivity index (χ0v) is 23.6. The standard InChI is InChI=1S/C27H29F2N9O4/c1-7-19(39)32-16-13-38(4)36-25(16)35-27-31-12-14-10-15(33-26(23(14)34-27)30-8-9-37(2)3)24(40)20-21(28)17(41-5)11-18(42-6)22(20)29/h7,10-13H,1,8-9H2,2-6H3,(H,30,33)(H,32,39)(H,31,34,35,36). The molecule has 0 saturated heterocycles. The normalized spacial score (nSPS) is 11.0. The van der Waals surface area contributed by atoms with Gasteiger partial charge in [-0.3, -0.25) is 14.3 Å². The second-order valence-electron chi connectivity index (χ2n) is 9.21. The van der Waals surface area contributed by atoms with Crippen LogP contribution in [0.25, 0.3) is 10.9 Å². The number of halogens is 2. The van der Waals surface area contributed by atoms with Gasteiger partial charge in [0.05, 0.1) is 20.4 Å². The molecule has 0 atom stereocenters. The Morgan fingerprint density at radius 3 is 2.40 bits per heavy atom. The van der Waals surface area contributed by atoms with Crippen LogP contribution in [0.1, 0.15) is 16.1 Å². The molecule has 13 nitrogen and oxygen atoms in total. The molecule has 0 unspecified atom stereocenters. The SMILES string of the molecule is C=CC(=O)Nc1cn(C)nc1Nc1ncc2cc(C(=O)c3c(F)c(OC)cc(OC)c3F)nc(NCCN(C)C)c2n1. The largest absolute Gasteiger partial charge is 0.494 e. The summed E-state index contributed by atoms with van der Waals surface area (Å²) < 4.78 is 41.7. The van der Waals surface area contributed by atoms with Gasteiger partial charge in [0.25, 0.3) is 0 Å². The van der Waals surface area contributed by atoms with E-state index in [0.717, 1.165) is 12.1 Å². The van der Waals surface area contributed by atoms with Crippen molar-refractivity contribution < 1.29 is 27.8 Å². The summed E-state index contributed by atoms with van der Waals surface area (Å²) in [6, 6.07) is 2.35. The number of benzene rings is 1. The maximum Gasteiger partial charge on any atom is 0.247 e. The summed E-state index contributed by atoms with van der Waals surface area (Å²) >= 11 is 0. The van der Waals surface area contributed by atoms with E-state index in [0.29, 0.717) is 29.7 Å². The number of anilines is 4. The van der Waals surface area contributed by atoms with Crippen molar-refractivity contribution in [1.82, 2.24) is 29.6 Å². The Morgan fingerprint density at radius 2 is 1.79 bits per heavy atom. The molecule has 0 radical (unpaired) electrons. The Morgan fingerprint density at radius 1 is 1.10 bits per heavy atom. The van der Waals surface area contributed by atoms with Gasteiger partial charge in [0.2, 0.25) is 17.6 Å². The summed E-state index contributed by atoms with van der Waals surface area (Å²) in [6.07, 6.45) is 4.13. The van der Waals surface area contributed by atoms with Gasteiger partial charge in [0.15, 0.2) is 34.8 Å². The summed E-state index contributed by atoms with van der Waals surface area (Å²) in [4.78, 5) is 40.5. The number of carbonyl (C=O) groups is 2. The highest BCUT2D eigenvalue weighted by atomic mass is 19.1. The number of rotatable bonds is 12. The second kappa shape index (κ2) is 12.6. The highest BCUT2D eigenvalue weighted by Gasteiger charge is 2.28. The van der Waals surface area contributed by atoms with Crippen LogP contribution in [-0.2, 0) is 11.8 Å². The van der Waals surface area contributed by atoms with E-state index in [-0.39, 0.29) is 34.8 Å². The van der Waals surface area contributed by atoms with Crippen molar-refractivity contribution in [3.05, 3.63) is 60.1 Å². The van der Waals surface area contributed by atoms with Crippen LogP contribution in [0.2, 0.25) is 0 Å². The third-order valence-corrected chi connectivity index (χ3v) is 5.95. The summed E-state index contributed by atoms with van der Waals surface area (Å²) in [5.74, 6) is -3.99. The number of fused-ring (bicyclic) bond motifs is 1. The number of ketones is 1. The van der Waals surface area contributed by atoms with Crippen LogP contribution in [0.3, 0.4) is 0 Å². The number of likely N-dealkylation sites (N-methyl/N-ethyl adjacent to an activating group) is 1. The number of carbonyl (C=O) groups excluding carboxylic acids is 2.